The Hall–Kier alpha value is -6.41. The molecule has 0 radical (unpaired) electrons. The van der Waals surface area contributed by atoms with Gasteiger partial charge in [-0.3, -0.25) is 24.0 Å². The number of benzene rings is 3. The molecule has 0 heterocycles. The molecule has 0 fully saturated rings. The van der Waals surface area contributed by atoms with Crippen LogP contribution in [0, 0.1) is 5.92 Å². The number of methoxy groups -OCH3 is 1. The van der Waals surface area contributed by atoms with E-state index in [0.717, 1.165) is 11.1 Å². The summed E-state index contributed by atoms with van der Waals surface area (Å²) in [5.74, 6) is -3.62. The van der Waals surface area contributed by atoms with Gasteiger partial charge in [0, 0.05) is 64.4 Å². The van der Waals surface area contributed by atoms with Gasteiger partial charge in [-0.2, -0.15) is 0 Å². The maximum absolute atomic E-state index is 13.4. The van der Waals surface area contributed by atoms with E-state index in [9.17, 15) is 33.6 Å². The van der Waals surface area contributed by atoms with Gasteiger partial charge in [0.2, 0.25) is 17.7 Å². The summed E-state index contributed by atoms with van der Waals surface area (Å²) in [7, 11) is 3.38. The Morgan fingerprint density at radius 1 is 0.580 bits per heavy atom. The van der Waals surface area contributed by atoms with Crippen molar-refractivity contribution >= 4 is 41.5 Å². The van der Waals surface area contributed by atoms with Crippen molar-refractivity contribution in [3.63, 3.8) is 0 Å². The lowest BCUT2D eigenvalue weighted by Gasteiger charge is -2.22. The second-order valence-electron chi connectivity index (χ2n) is 19.0. The molecule has 23 heteroatoms. The summed E-state index contributed by atoms with van der Waals surface area (Å²) in [5.41, 5.74) is 11.3. The maximum Gasteiger partial charge on any atom is 0.410 e. The molecule has 3 atom stereocenters. The van der Waals surface area contributed by atoms with Crippen LogP contribution >= 0.6 is 0 Å². The zero-order chi connectivity index (χ0) is 58.5. The summed E-state index contributed by atoms with van der Waals surface area (Å²) >= 11 is 0. The number of carbonyl (C=O) groups is 7. The molecule has 0 bridgehead atoms. The summed E-state index contributed by atoms with van der Waals surface area (Å²) < 4.78 is 54.5. The van der Waals surface area contributed by atoms with Crippen molar-refractivity contribution in [1.29, 1.82) is 0 Å². The summed E-state index contributed by atoms with van der Waals surface area (Å²) in [6.07, 6.45) is -1.86. The average molecular weight is 1140 g/mol. The highest BCUT2D eigenvalue weighted by molar-refractivity contribution is 5.96. The predicted octanol–water partition coefficient (Wildman–Crippen LogP) is 3.11. The lowest BCUT2D eigenvalue weighted by atomic mass is 9.97. The standard InChI is InChI=1S/C58H84N6O17/c1-42(37-52(65)43(2)62-55(68)17-22-73-27-30-77-35-36-79-34-33-76-26-25-72-4)56(69)63-51(39-54(59)67)53(66)38-44-13-15-45(16-14-44)40-81-58(71)64(20-18-60-3)21-24-75-29-32-78-31-28-74-23-19-61-57(70)80-41-50-48-11-7-5-9-46(48)47-10-6-8-12-49(47)50/h5-16,42-43,50-51,60H,17-41H2,1-4H3,(H2,59,67)(H,61,70)(H,62,68)(H,63,69)/t42-,43+,51+/m1/s1. The smallest absolute Gasteiger partial charge is 0.410 e. The van der Waals surface area contributed by atoms with Crippen LogP contribution < -0.4 is 27.0 Å². The topological polar surface area (TPSA) is 289 Å². The molecule has 0 saturated carbocycles. The van der Waals surface area contributed by atoms with E-state index in [4.69, 9.17) is 53.1 Å². The fourth-order valence-corrected chi connectivity index (χ4v) is 8.24. The largest absolute Gasteiger partial charge is 0.449 e. The number of rotatable bonds is 45. The molecule has 23 nitrogen and oxygen atoms in total. The highest BCUT2D eigenvalue weighted by atomic mass is 16.6. The first-order valence-electron chi connectivity index (χ1n) is 27.5. The molecule has 3 aromatic rings. The maximum atomic E-state index is 13.4. The number of fused-ring (bicyclic) bond motifs is 3. The molecular formula is C58H84N6O17. The SMILES string of the molecule is CNCCN(CCOCCOCCOCCNC(=O)OCC1c2ccccc2-c2ccccc21)C(=O)OCc1ccc(CC(=O)[C@H](CC(N)=O)NC(=O)[C@H](C)CC(=O)[C@H](C)NC(=O)CCOCCOCCOCCOCCOC)cc1. The number of nitrogens with zero attached hydrogens (tertiary/aromatic N) is 1. The number of hydrogen-bond acceptors (Lipinski definition) is 18. The van der Waals surface area contributed by atoms with Crippen LogP contribution in [0.2, 0.25) is 0 Å². The van der Waals surface area contributed by atoms with Gasteiger partial charge in [0.05, 0.1) is 118 Å². The van der Waals surface area contributed by atoms with Crippen LogP contribution in [0.3, 0.4) is 0 Å². The Balaban J connectivity index is 1.04. The molecule has 0 aliphatic heterocycles. The normalized spacial score (nSPS) is 12.8. The van der Waals surface area contributed by atoms with Crippen molar-refractivity contribution in [1.82, 2.24) is 26.2 Å². The number of nitrogens with one attached hydrogen (secondary N) is 4. The molecule has 448 valence electrons. The molecule has 0 unspecified atom stereocenters. The van der Waals surface area contributed by atoms with Crippen LogP contribution in [0.5, 0.6) is 0 Å². The van der Waals surface area contributed by atoms with Crippen LogP contribution in [0.15, 0.2) is 72.8 Å². The molecule has 0 aromatic heterocycles. The van der Waals surface area contributed by atoms with Crippen molar-refractivity contribution in [2.75, 3.05) is 146 Å². The molecule has 4 rings (SSSR count). The fourth-order valence-electron chi connectivity index (χ4n) is 8.24. The van der Waals surface area contributed by atoms with Gasteiger partial charge in [0.1, 0.15) is 13.2 Å². The minimum atomic E-state index is -1.24. The van der Waals surface area contributed by atoms with Gasteiger partial charge >= 0.3 is 12.2 Å². The third-order valence-electron chi connectivity index (χ3n) is 12.7. The Kier molecular flexibility index (Phi) is 33.0. The number of ether oxygens (including phenoxy) is 10. The van der Waals surface area contributed by atoms with Crippen LogP contribution in [0.25, 0.3) is 11.1 Å². The van der Waals surface area contributed by atoms with Crippen molar-refractivity contribution in [2.45, 2.75) is 64.1 Å². The number of likely N-dealkylation sites (N-methyl/N-ethyl adjacent to an activating group) is 1. The first kappa shape index (κ1) is 67.1. The minimum Gasteiger partial charge on any atom is -0.449 e. The number of Topliss-reactive ketones (excluding diaryl/α,β-unsaturated/α-hetero) is 2. The van der Waals surface area contributed by atoms with Crippen molar-refractivity contribution < 1.29 is 80.9 Å². The number of hydrogen-bond donors (Lipinski definition) is 5. The van der Waals surface area contributed by atoms with E-state index in [2.05, 4.69) is 45.5 Å². The number of nitrogens with two attached hydrogens (primary N) is 1. The fraction of sp³-hybridized carbons (Fsp3) is 0.569. The summed E-state index contributed by atoms with van der Waals surface area (Å²) in [6.45, 7) is 9.95. The molecule has 1 aliphatic carbocycles. The lowest BCUT2D eigenvalue weighted by Crippen LogP contribution is -2.47. The zero-order valence-corrected chi connectivity index (χ0v) is 47.4. The Bertz CT molecular complexity index is 2310. The minimum absolute atomic E-state index is 0.0109. The van der Waals surface area contributed by atoms with Crippen LogP contribution in [-0.4, -0.2) is 205 Å². The molecule has 6 N–H and O–H groups in total. The first-order chi connectivity index (χ1) is 39.3. The monoisotopic (exact) mass is 1140 g/mol. The van der Waals surface area contributed by atoms with Gasteiger partial charge in [0.25, 0.3) is 0 Å². The van der Waals surface area contributed by atoms with Gasteiger partial charge in [-0.15, -0.1) is 0 Å². The lowest BCUT2D eigenvalue weighted by molar-refractivity contribution is -0.133. The molecule has 5 amide bonds. The first-order valence-corrected chi connectivity index (χ1v) is 27.5. The molecule has 0 saturated heterocycles. The van der Waals surface area contributed by atoms with Crippen LogP contribution in [0.4, 0.5) is 9.59 Å². The van der Waals surface area contributed by atoms with Crippen LogP contribution in [-0.2, 0) is 84.4 Å². The number of alkyl carbamates (subject to hydrolysis) is 1. The number of ketones is 2. The summed E-state index contributed by atoms with van der Waals surface area (Å²) in [4.78, 5) is 90.9. The highest BCUT2D eigenvalue weighted by Crippen LogP contribution is 2.44. The number of primary amides is 1. The Morgan fingerprint density at radius 3 is 1.68 bits per heavy atom. The molecular weight excluding hydrogens is 1050 g/mol. The van der Waals surface area contributed by atoms with E-state index in [0.29, 0.717) is 103 Å². The van der Waals surface area contributed by atoms with E-state index in [-0.39, 0.29) is 71.3 Å². The molecule has 0 spiro atoms. The van der Waals surface area contributed by atoms with Gasteiger partial charge in [-0.05, 0) is 47.4 Å². The Labute approximate surface area is 475 Å². The van der Waals surface area contributed by atoms with Gasteiger partial charge < -0.3 is 79.3 Å². The second-order valence-corrected chi connectivity index (χ2v) is 19.0. The average Bonchev–Trinajstić information content (AvgIpc) is 3.88. The van der Waals surface area contributed by atoms with Crippen molar-refractivity contribution in [3.8, 4) is 11.1 Å². The quantitative estimate of drug-likeness (QED) is 0.0508. The predicted molar refractivity (Wildman–Crippen MR) is 298 cm³/mol. The van der Waals surface area contributed by atoms with Crippen molar-refractivity contribution in [3.05, 3.63) is 95.1 Å². The van der Waals surface area contributed by atoms with Gasteiger partial charge in [-0.25, -0.2) is 9.59 Å². The van der Waals surface area contributed by atoms with Gasteiger partial charge in [-0.1, -0.05) is 79.7 Å². The third-order valence-corrected chi connectivity index (χ3v) is 12.7. The van der Waals surface area contributed by atoms with E-state index in [1.165, 1.54) is 29.9 Å². The van der Waals surface area contributed by atoms with E-state index in [1.807, 2.05) is 24.3 Å². The summed E-state index contributed by atoms with van der Waals surface area (Å²) in [5, 5.41) is 10.9. The molecule has 81 heavy (non-hydrogen) atoms. The Morgan fingerprint density at radius 2 is 1.11 bits per heavy atom. The second kappa shape index (κ2) is 39.9. The molecule has 3 aromatic carbocycles. The van der Waals surface area contributed by atoms with Crippen LogP contribution in [0.1, 0.15) is 61.3 Å². The van der Waals surface area contributed by atoms with Crippen molar-refractivity contribution in [2.24, 2.45) is 11.7 Å². The van der Waals surface area contributed by atoms with E-state index >= 15 is 0 Å². The highest BCUT2D eigenvalue weighted by Gasteiger charge is 2.30. The number of carbonyl (C=O) groups excluding carboxylic acids is 7. The zero-order valence-electron chi connectivity index (χ0n) is 47.4. The van der Waals surface area contributed by atoms with E-state index in [1.54, 1.807) is 38.4 Å². The molecule has 1 aliphatic rings. The third kappa shape index (κ3) is 26.8. The van der Waals surface area contributed by atoms with Gasteiger partial charge in [0.15, 0.2) is 11.6 Å². The summed E-state index contributed by atoms with van der Waals surface area (Å²) in [6, 6.07) is 21.0. The van der Waals surface area contributed by atoms with E-state index < -0.39 is 65.9 Å². The number of amides is 5.